The van der Waals surface area contributed by atoms with Crippen LogP contribution in [0, 0.1) is 0 Å². The number of nitrogens with zero attached hydrogens (tertiary/aromatic N) is 2. The van der Waals surface area contributed by atoms with E-state index < -0.39 is 0 Å². The molecule has 0 fully saturated rings. The van der Waals surface area contributed by atoms with E-state index in [0.717, 1.165) is 23.3 Å². The van der Waals surface area contributed by atoms with Crippen molar-refractivity contribution >= 4 is 21.6 Å². The monoisotopic (exact) mass is 272 g/mol. The van der Waals surface area contributed by atoms with Gasteiger partial charge in [0, 0.05) is 29.9 Å². The van der Waals surface area contributed by atoms with E-state index in [-0.39, 0.29) is 0 Å². The number of rotatable bonds is 4. The molecule has 0 saturated carbocycles. The summed E-state index contributed by atoms with van der Waals surface area (Å²) in [5, 5.41) is 12.7. The van der Waals surface area contributed by atoms with Crippen LogP contribution in [-0.2, 0) is 6.54 Å². The molecule has 98 valence electrons. The van der Waals surface area contributed by atoms with Crippen LogP contribution in [0.1, 0.15) is 19.4 Å². The Hall–Kier alpha value is -1.72. The Kier molecular flexibility index (Phi) is 3.31. The fraction of sp³-hybridized carbons (Fsp3) is 0.286. The summed E-state index contributed by atoms with van der Waals surface area (Å²) in [7, 11) is 0. The normalized spacial score (nSPS) is 11.5. The van der Waals surface area contributed by atoms with Crippen molar-refractivity contribution in [1.29, 1.82) is 0 Å². The van der Waals surface area contributed by atoms with Gasteiger partial charge in [-0.1, -0.05) is 13.8 Å². The third-order valence-corrected chi connectivity index (χ3v) is 3.86. The van der Waals surface area contributed by atoms with Gasteiger partial charge in [-0.05, 0) is 17.5 Å². The number of nitrogens with one attached hydrogen (secondary N) is 2. The van der Waals surface area contributed by atoms with E-state index in [0.29, 0.717) is 6.04 Å². The molecule has 5 heteroatoms. The molecule has 0 amide bonds. The molecule has 0 unspecified atom stereocenters. The van der Waals surface area contributed by atoms with Crippen LogP contribution in [-0.4, -0.2) is 21.2 Å². The highest BCUT2D eigenvalue weighted by Gasteiger charge is 2.09. The molecule has 0 aliphatic carbocycles. The lowest BCUT2D eigenvalue weighted by molar-refractivity contribution is 0.589. The average molecular weight is 272 g/mol. The van der Waals surface area contributed by atoms with Gasteiger partial charge in [-0.2, -0.15) is 5.10 Å². The third-order valence-electron chi connectivity index (χ3n) is 3.01. The standard InChI is InChI=1S/C14H16N4S/c1-9(2)15-7-11-8-17-18-14(11)10-5-13-12(16-6-10)3-4-19-13/h3-6,8-9,15H,7H2,1-2H3,(H,17,18). The quantitative estimate of drug-likeness (QED) is 0.767. The van der Waals surface area contributed by atoms with Crippen molar-refractivity contribution in [1.82, 2.24) is 20.5 Å². The maximum Gasteiger partial charge on any atom is 0.0810 e. The molecule has 3 aromatic heterocycles. The fourth-order valence-electron chi connectivity index (χ4n) is 1.99. The number of aromatic amines is 1. The summed E-state index contributed by atoms with van der Waals surface area (Å²) in [5.74, 6) is 0. The summed E-state index contributed by atoms with van der Waals surface area (Å²) in [5.41, 5.74) is 4.37. The van der Waals surface area contributed by atoms with Crippen molar-refractivity contribution in [2.24, 2.45) is 0 Å². The van der Waals surface area contributed by atoms with E-state index >= 15 is 0 Å². The van der Waals surface area contributed by atoms with Crippen LogP contribution in [0.4, 0.5) is 0 Å². The Labute approximate surface area is 115 Å². The molecule has 0 spiro atoms. The number of thiophene rings is 1. The van der Waals surface area contributed by atoms with Crippen molar-refractivity contribution in [3.63, 3.8) is 0 Å². The van der Waals surface area contributed by atoms with Crippen molar-refractivity contribution in [2.45, 2.75) is 26.4 Å². The highest BCUT2D eigenvalue weighted by Crippen LogP contribution is 2.26. The van der Waals surface area contributed by atoms with Crippen molar-refractivity contribution in [3.05, 3.63) is 35.5 Å². The molecule has 0 radical (unpaired) electrons. The minimum absolute atomic E-state index is 0.459. The second-order valence-corrected chi connectivity index (χ2v) is 5.78. The van der Waals surface area contributed by atoms with Gasteiger partial charge in [-0.3, -0.25) is 10.1 Å². The Morgan fingerprint density at radius 3 is 3.11 bits per heavy atom. The number of aromatic nitrogens is 3. The highest BCUT2D eigenvalue weighted by molar-refractivity contribution is 7.17. The third kappa shape index (κ3) is 2.52. The smallest absolute Gasteiger partial charge is 0.0810 e. The van der Waals surface area contributed by atoms with Gasteiger partial charge in [0.1, 0.15) is 0 Å². The molecule has 2 N–H and O–H groups in total. The summed E-state index contributed by atoms with van der Waals surface area (Å²) < 4.78 is 1.20. The zero-order chi connectivity index (χ0) is 13.2. The largest absolute Gasteiger partial charge is 0.310 e. The van der Waals surface area contributed by atoms with Gasteiger partial charge in [0.25, 0.3) is 0 Å². The van der Waals surface area contributed by atoms with E-state index in [1.165, 1.54) is 10.3 Å². The van der Waals surface area contributed by atoms with Crippen LogP contribution < -0.4 is 5.32 Å². The van der Waals surface area contributed by atoms with Crippen LogP contribution in [0.25, 0.3) is 21.5 Å². The summed E-state index contributed by atoms with van der Waals surface area (Å²) in [6.45, 7) is 5.09. The van der Waals surface area contributed by atoms with Gasteiger partial charge in [-0.25, -0.2) is 0 Å². The van der Waals surface area contributed by atoms with Gasteiger partial charge in [-0.15, -0.1) is 11.3 Å². The summed E-state index contributed by atoms with van der Waals surface area (Å²) in [6.07, 6.45) is 3.78. The van der Waals surface area contributed by atoms with Crippen molar-refractivity contribution in [3.8, 4) is 11.3 Å². The molecule has 0 aromatic carbocycles. The van der Waals surface area contributed by atoms with Gasteiger partial charge in [0.2, 0.25) is 0 Å². The number of pyridine rings is 1. The number of hydrogen-bond donors (Lipinski definition) is 2. The Balaban J connectivity index is 1.94. The topological polar surface area (TPSA) is 53.6 Å². The molecule has 0 atom stereocenters. The molecule has 3 rings (SSSR count). The first-order valence-corrected chi connectivity index (χ1v) is 7.21. The molecule has 0 bridgehead atoms. The first-order valence-electron chi connectivity index (χ1n) is 6.33. The van der Waals surface area contributed by atoms with E-state index in [1.54, 1.807) is 11.3 Å². The number of H-pyrrole nitrogens is 1. The van der Waals surface area contributed by atoms with Crippen LogP contribution in [0.5, 0.6) is 0 Å². The summed E-state index contributed by atoms with van der Waals surface area (Å²) in [6, 6.07) is 4.66. The number of hydrogen-bond acceptors (Lipinski definition) is 4. The second-order valence-electron chi connectivity index (χ2n) is 4.83. The van der Waals surface area contributed by atoms with Crippen LogP contribution in [0.3, 0.4) is 0 Å². The van der Waals surface area contributed by atoms with E-state index in [2.05, 4.69) is 45.8 Å². The Morgan fingerprint density at radius 1 is 1.37 bits per heavy atom. The van der Waals surface area contributed by atoms with Crippen LogP contribution >= 0.6 is 11.3 Å². The molecule has 0 aliphatic rings. The molecule has 0 aliphatic heterocycles. The predicted molar refractivity (Wildman–Crippen MR) is 79.2 cm³/mol. The molecule has 4 nitrogen and oxygen atoms in total. The van der Waals surface area contributed by atoms with Gasteiger partial charge in [0.05, 0.1) is 22.1 Å². The molecular weight excluding hydrogens is 256 g/mol. The van der Waals surface area contributed by atoms with Crippen LogP contribution in [0.15, 0.2) is 29.9 Å². The minimum Gasteiger partial charge on any atom is -0.310 e. The first kappa shape index (κ1) is 12.3. The minimum atomic E-state index is 0.459. The van der Waals surface area contributed by atoms with E-state index in [4.69, 9.17) is 0 Å². The predicted octanol–water partition coefficient (Wildman–Crippen LogP) is 3.18. The zero-order valence-corrected chi connectivity index (χ0v) is 11.8. The van der Waals surface area contributed by atoms with Crippen molar-refractivity contribution < 1.29 is 0 Å². The highest BCUT2D eigenvalue weighted by atomic mass is 32.1. The maximum absolute atomic E-state index is 4.48. The average Bonchev–Trinajstić information content (AvgIpc) is 3.04. The summed E-state index contributed by atoms with van der Waals surface area (Å²) >= 11 is 1.71. The van der Waals surface area contributed by atoms with Gasteiger partial charge < -0.3 is 5.32 Å². The molecule has 19 heavy (non-hydrogen) atoms. The lowest BCUT2D eigenvalue weighted by atomic mass is 10.1. The number of fused-ring (bicyclic) bond motifs is 1. The first-order chi connectivity index (χ1) is 9.24. The zero-order valence-electron chi connectivity index (χ0n) is 11.0. The van der Waals surface area contributed by atoms with Gasteiger partial charge >= 0.3 is 0 Å². The molecule has 3 heterocycles. The Bertz CT molecular complexity index is 683. The Morgan fingerprint density at radius 2 is 2.26 bits per heavy atom. The molecular formula is C14H16N4S. The molecule has 3 aromatic rings. The lowest BCUT2D eigenvalue weighted by Crippen LogP contribution is -2.21. The van der Waals surface area contributed by atoms with E-state index in [1.807, 2.05) is 18.5 Å². The van der Waals surface area contributed by atoms with Crippen LogP contribution in [0.2, 0.25) is 0 Å². The molecule has 0 saturated heterocycles. The van der Waals surface area contributed by atoms with E-state index in [9.17, 15) is 0 Å². The van der Waals surface area contributed by atoms with Gasteiger partial charge in [0.15, 0.2) is 0 Å². The van der Waals surface area contributed by atoms with Crippen molar-refractivity contribution in [2.75, 3.05) is 0 Å². The summed E-state index contributed by atoms with van der Waals surface area (Å²) in [4.78, 5) is 4.48. The maximum atomic E-state index is 4.48. The SMILES string of the molecule is CC(C)NCc1cn[nH]c1-c1cnc2ccsc2c1. The second kappa shape index (κ2) is 5.11. The fourth-order valence-corrected chi connectivity index (χ4v) is 2.77. The lowest BCUT2D eigenvalue weighted by Gasteiger charge is -2.08.